The van der Waals surface area contributed by atoms with E-state index in [-0.39, 0.29) is 17.1 Å². The number of nitrogens with one attached hydrogen (secondary N) is 1. The summed E-state index contributed by atoms with van der Waals surface area (Å²) < 4.78 is 19.0. The predicted molar refractivity (Wildman–Crippen MR) is 98.9 cm³/mol. The first kappa shape index (κ1) is 18.6. The molecule has 0 radical (unpaired) electrons. The van der Waals surface area contributed by atoms with Crippen LogP contribution in [0, 0.1) is 15.9 Å². The fraction of sp³-hybridized carbons (Fsp3) is 0. The molecule has 3 rings (SSSR count). The van der Waals surface area contributed by atoms with Crippen LogP contribution in [0.4, 0.5) is 10.1 Å². The molecule has 28 heavy (non-hydrogen) atoms. The molecule has 8 nitrogen and oxygen atoms in total. The number of rotatable bonds is 6. The number of nitro groups is 1. The van der Waals surface area contributed by atoms with Crippen molar-refractivity contribution in [3.05, 3.63) is 93.9 Å². The Balaban J connectivity index is 1.58. The number of hydrazone groups is 1. The van der Waals surface area contributed by atoms with Crippen LogP contribution in [0.15, 0.2) is 72.0 Å². The van der Waals surface area contributed by atoms with E-state index in [1.807, 2.05) is 0 Å². The van der Waals surface area contributed by atoms with Gasteiger partial charge < -0.3 is 4.74 Å². The summed E-state index contributed by atoms with van der Waals surface area (Å²) in [6.07, 6.45) is 2.50. The van der Waals surface area contributed by atoms with Crippen LogP contribution in [0.1, 0.15) is 15.9 Å². The first-order valence-electron chi connectivity index (χ1n) is 7.99. The molecule has 1 N–H and O–H groups in total. The minimum absolute atomic E-state index is 0.0982. The van der Waals surface area contributed by atoms with Crippen LogP contribution in [0.3, 0.4) is 0 Å². The van der Waals surface area contributed by atoms with Crippen molar-refractivity contribution in [2.75, 3.05) is 0 Å². The summed E-state index contributed by atoms with van der Waals surface area (Å²) in [5, 5.41) is 14.4. The van der Waals surface area contributed by atoms with Gasteiger partial charge in [0.1, 0.15) is 17.8 Å². The van der Waals surface area contributed by atoms with Gasteiger partial charge in [-0.15, -0.1) is 0 Å². The van der Waals surface area contributed by atoms with Gasteiger partial charge >= 0.3 is 0 Å². The molecule has 0 aliphatic heterocycles. The van der Waals surface area contributed by atoms with Crippen LogP contribution in [0.2, 0.25) is 0 Å². The summed E-state index contributed by atoms with van der Waals surface area (Å²) in [5.41, 5.74) is 2.69. The molecular formula is C19H13FN4O4. The maximum atomic E-state index is 13.5. The number of halogens is 1. The number of aromatic nitrogens is 1. The van der Waals surface area contributed by atoms with Gasteiger partial charge in [-0.05, 0) is 42.0 Å². The highest BCUT2D eigenvalue weighted by Crippen LogP contribution is 2.21. The second-order valence-electron chi connectivity index (χ2n) is 5.46. The number of nitrogens with zero attached hydrogens (tertiary/aromatic N) is 3. The first-order valence-corrected chi connectivity index (χ1v) is 7.99. The fourth-order valence-electron chi connectivity index (χ4n) is 2.15. The SMILES string of the molecule is O=C(N/N=C\c1ccc(Oc2ccc([N+](=O)[O-])cn2)cc1)c1ccccc1F. The zero-order chi connectivity index (χ0) is 19.9. The molecule has 0 spiro atoms. The average Bonchev–Trinajstić information content (AvgIpc) is 2.70. The number of pyridine rings is 1. The standard InChI is InChI=1S/C19H13FN4O4/c20-17-4-2-1-3-16(17)19(25)23-22-11-13-5-8-15(9-6-13)28-18-10-7-14(12-21-18)24(26)27/h1-12H,(H,23,25)/b22-11-. The van der Waals surface area contributed by atoms with Gasteiger partial charge in [-0.3, -0.25) is 14.9 Å². The van der Waals surface area contributed by atoms with Gasteiger partial charge in [0.15, 0.2) is 0 Å². The fourth-order valence-corrected chi connectivity index (χ4v) is 2.15. The van der Waals surface area contributed by atoms with E-state index in [2.05, 4.69) is 15.5 Å². The second kappa shape index (κ2) is 8.49. The molecule has 2 aromatic carbocycles. The van der Waals surface area contributed by atoms with Crippen LogP contribution in [0.25, 0.3) is 0 Å². The molecule has 1 aromatic heterocycles. The van der Waals surface area contributed by atoms with E-state index >= 15 is 0 Å². The quantitative estimate of drug-likeness (QED) is 0.399. The Morgan fingerprint density at radius 2 is 1.89 bits per heavy atom. The number of hydrogen-bond donors (Lipinski definition) is 1. The molecule has 3 aromatic rings. The third kappa shape index (κ3) is 4.73. The van der Waals surface area contributed by atoms with E-state index in [0.717, 1.165) is 6.20 Å². The zero-order valence-electron chi connectivity index (χ0n) is 14.3. The highest BCUT2D eigenvalue weighted by Gasteiger charge is 2.09. The molecule has 0 saturated carbocycles. The zero-order valence-corrected chi connectivity index (χ0v) is 14.3. The highest BCUT2D eigenvalue weighted by atomic mass is 19.1. The second-order valence-corrected chi connectivity index (χ2v) is 5.46. The van der Waals surface area contributed by atoms with Crippen molar-refractivity contribution in [2.45, 2.75) is 0 Å². The van der Waals surface area contributed by atoms with Crippen molar-refractivity contribution < 1.29 is 18.8 Å². The Hall–Kier alpha value is -4.14. The molecular weight excluding hydrogens is 367 g/mol. The highest BCUT2D eigenvalue weighted by molar-refractivity contribution is 5.95. The molecule has 140 valence electrons. The van der Waals surface area contributed by atoms with Crippen molar-refractivity contribution in [2.24, 2.45) is 5.10 Å². The summed E-state index contributed by atoms with van der Waals surface area (Å²) in [6.45, 7) is 0. The third-order valence-corrected chi connectivity index (χ3v) is 3.53. The van der Waals surface area contributed by atoms with Gasteiger partial charge in [0.2, 0.25) is 5.88 Å². The number of benzene rings is 2. The van der Waals surface area contributed by atoms with Crippen LogP contribution in [-0.4, -0.2) is 22.0 Å². The molecule has 0 bridgehead atoms. The van der Waals surface area contributed by atoms with Crippen molar-refractivity contribution in [3.63, 3.8) is 0 Å². The minimum Gasteiger partial charge on any atom is -0.439 e. The average molecular weight is 380 g/mol. The van der Waals surface area contributed by atoms with Crippen LogP contribution < -0.4 is 10.2 Å². The van der Waals surface area contributed by atoms with Crippen LogP contribution in [0.5, 0.6) is 11.6 Å². The number of amides is 1. The van der Waals surface area contributed by atoms with Gasteiger partial charge in [-0.1, -0.05) is 12.1 Å². The molecule has 1 amide bonds. The van der Waals surface area contributed by atoms with Crippen LogP contribution in [-0.2, 0) is 0 Å². The smallest absolute Gasteiger partial charge is 0.287 e. The normalized spacial score (nSPS) is 10.6. The first-order chi connectivity index (χ1) is 13.5. The molecule has 9 heteroatoms. The Labute approximate surface area is 158 Å². The lowest BCUT2D eigenvalue weighted by Gasteiger charge is -2.04. The minimum atomic E-state index is -0.654. The monoisotopic (exact) mass is 380 g/mol. The van der Waals surface area contributed by atoms with E-state index in [1.165, 1.54) is 36.5 Å². The lowest BCUT2D eigenvalue weighted by Crippen LogP contribution is -2.18. The molecule has 0 aliphatic rings. The summed E-state index contributed by atoms with van der Waals surface area (Å²) in [6, 6.07) is 14.9. The van der Waals surface area contributed by atoms with E-state index in [4.69, 9.17) is 4.74 Å². The van der Waals surface area contributed by atoms with E-state index in [9.17, 15) is 19.3 Å². The van der Waals surface area contributed by atoms with Crippen molar-refractivity contribution >= 4 is 17.8 Å². The lowest BCUT2D eigenvalue weighted by atomic mass is 10.2. The number of ether oxygens (including phenoxy) is 1. The number of hydrogen-bond acceptors (Lipinski definition) is 6. The number of carbonyl (C=O) groups excluding carboxylic acids is 1. The van der Waals surface area contributed by atoms with Gasteiger partial charge in [0.25, 0.3) is 11.6 Å². The molecule has 0 atom stereocenters. The van der Waals surface area contributed by atoms with Gasteiger partial charge in [-0.2, -0.15) is 5.10 Å². The molecule has 1 heterocycles. The Kier molecular flexibility index (Phi) is 5.66. The summed E-state index contributed by atoms with van der Waals surface area (Å²) >= 11 is 0. The maximum absolute atomic E-state index is 13.5. The predicted octanol–water partition coefficient (Wildman–Crippen LogP) is 3.69. The summed E-state index contributed by atoms with van der Waals surface area (Å²) in [7, 11) is 0. The largest absolute Gasteiger partial charge is 0.439 e. The Bertz CT molecular complexity index is 1020. The van der Waals surface area contributed by atoms with E-state index in [1.54, 1.807) is 30.3 Å². The molecule has 0 unspecified atom stereocenters. The lowest BCUT2D eigenvalue weighted by molar-refractivity contribution is -0.385. The molecule has 0 aliphatic carbocycles. The summed E-state index contributed by atoms with van der Waals surface area (Å²) in [5.74, 6) is -0.604. The van der Waals surface area contributed by atoms with Crippen LogP contribution >= 0.6 is 0 Å². The van der Waals surface area contributed by atoms with E-state index < -0.39 is 16.6 Å². The molecule has 0 fully saturated rings. The van der Waals surface area contributed by atoms with Crippen molar-refractivity contribution in [1.82, 2.24) is 10.4 Å². The number of carbonyl (C=O) groups is 1. The maximum Gasteiger partial charge on any atom is 0.287 e. The van der Waals surface area contributed by atoms with Crippen molar-refractivity contribution in [1.29, 1.82) is 0 Å². The topological polar surface area (TPSA) is 107 Å². The third-order valence-electron chi connectivity index (χ3n) is 3.53. The Morgan fingerprint density at radius 3 is 2.54 bits per heavy atom. The molecule has 0 saturated heterocycles. The Morgan fingerprint density at radius 1 is 1.14 bits per heavy atom. The van der Waals surface area contributed by atoms with E-state index in [0.29, 0.717) is 11.3 Å². The van der Waals surface area contributed by atoms with Crippen molar-refractivity contribution in [3.8, 4) is 11.6 Å². The van der Waals surface area contributed by atoms with Gasteiger partial charge in [-0.25, -0.2) is 14.8 Å². The summed E-state index contributed by atoms with van der Waals surface area (Å²) in [4.78, 5) is 25.8. The van der Waals surface area contributed by atoms with Gasteiger partial charge in [0.05, 0.1) is 16.7 Å². The van der Waals surface area contributed by atoms with Gasteiger partial charge in [0, 0.05) is 12.1 Å².